The first kappa shape index (κ1) is 20.1. The number of halogens is 3. The second-order valence-corrected chi connectivity index (χ2v) is 7.96. The van der Waals surface area contributed by atoms with Crippen LogP contribution in [0.4, 0.5) is 18.9 Å². The molecule has 1 N–H and O–H groups in total. The van der Waals surface area contributed by atoms with Crippen LogP contribution in [-0.2, 0) is 13.2 Å². The van der Waals surface area contributed by atoms with Crippen LogP contribution >= 0.6 is 0 Å². The summed E-state index contributed by atoms with van der Waals surface area (Å²) in [5, 5.41) is 2.67. The molecule has 0 radical (unpaired) electrons. The molecule has 3 nitrogen and oxygen atoms in total. The van der Waals surface area contributed by atoms with Gasteiger partial charge in [0.2, 0.25) is 0 Å². The number of nitrogens with zero attached hydrogens (tertiary/aromatic N) is 1. The van der Waals surface area contributed by atoms with Crippen molar-refractivity contribution in [3.63, 3.8) is 0 Å². The largest absolute Gasteiger partial charge is 0.418 e. The Kier molecular flexibility index (Phi) is 5.54. The maximum Gasteiger partial charge on any atom is 0.418 e. The highest BCUT2D eigenvalue weighted by molar-refractivity contribution is 6.05. The zero-order valence-electron chi connectivity index (χ0n) is 15.7. The van der Waals surface area contributed by atoms with Gasteiger partial charge in [-0.25, -0.2) is 0 Å². The number of aromatic nitrogens is 1. The van der Waals surface area contributed by atoms with Crippen LogP contribution < -0.4 is 5.32 Å². The van der Waals surface area contributed by atoms with Gasteiger partial charge in [-0.1, -0.05) is 45.9 Å². The Bertz CT molecular complexity index is 785. The van der Waals surface area contributed by atoms with Gasteiger partial charge in [0, 0.05) is 25.1 Å². The van der Waals surface area contributed by atoms with E-state index in [2.05, 4.69) is 33.0 Å². The Balaban J connectivity index is 2.32. The second kappa shape index (κ2) is 7.17. The molecule has 0 fully saturated rings. The summed E-state index contributed by atoms with van der Waals surface area (Å²) in [6, 6.07) is 7.26. The Morgan fingerprint density at radius 1 is 1.15 bits per heavy atom. The molecular weight excluding hydrogens is 341 g/mol. The summed E-state index contributed by atoms with van der Waals surface area (Å²) in [6.07, 6.45) is -1.58. The quantitative estimate of drug-likeness (QED) is 0.725. The third-order valence-electron chi connectivity index (χ3n) is 4.16. The van der Waals surface area contributed by atoms with E-state index in [1.165, 1.54) is 17.8 Å². The SMILES string of the molecule is C[C@@H](CC(C)(C)C)c1ccccc1NC(=O)c1cn(C)cc1C(F)(F)F. The number of amides is 1. The minimum Gasteiger partial charge on any atom is -0.356 e. The van der Waals surface area contributed by atoms with Crippen LogP contribution in [0.3, 0.4) is 0 Å². The van der Waals surface area contributed by atoms with E-state index in [-0.39, 0.29) is 16.9 Å². The Hall–Kier alpha value is -2.24. The predicted octanol–water partition coefficient (Wildman–Crippen LogP) is 5.84. The topological polar surface area (TPSA) is 34.0 Å². The van der Waals surface area contributed by atoms with Gasteiger partial charge in [-0.05, 0) is 29.4 Å². The maximum absolute atomic E-state index is 13.2. The number of benzene rings is 1. The van der Waals surface area contributed by atoms with E-state index >= 15 is 0 Å². The fourth-order valence-electron chi connectivity index (χ4n) is 3.25. The number of nitrogens with one attached hydrogen (secondary N) is 1. The first-order valence-corrected chi connectivity index (χ1v) is 8.52. The molecule has 1 atom stereocenters. The summed E-state index contributed by atoms with van der Waals surface area (Å²) in [5.41, 5.74) is 0.252. The second-order valence-electron chi connectivity index (χ2n) is 7.96. The third kappa shape index (κ3) is 4.90. The van der Waals surface area contributed by atoms with Crippen molar-refractivity contribution >= 4 is 11.6 Å². The number of carbonyl (C=O) groups is 1. The minimum atomic E-state index is -4.58. The lowest BCUT2D eigenvalue weighted by Gasteiger charge is -2.25. The van der Waals surface area contributed by atoms with Gasteiger partial charge in [0.25, 0.3) is 5.91 Å². The molecule has 1 heterocycles. The van der Waals surface area contributed by atoms with Crippen molar-refractivity contribution in [2.75, 3.05) is 5.32 Å². The molecule has 0 aliphatic heterocycles. The highest BCUT2D eigenvalue weighted by atomic mass is 19.4. The maximum atomic E-state index is 13.2. The number of hydrogen-bond donors (Lipinski definition) is 1. The van der Waals surface area contributed by atoms with Crippen molar-refractivity contribution < 1.29 is 18.0 Å². The molecule has 0 bridgehead atoms. The molecule has 142 valence electrons. The van der Waals surface area contributed by atoms with Gasteiger partial charge in [0.1, 0.15) is 0 Å². The van der Waals surface area contributed by atoms with Crippen molar-refractivity contribution in [1.82, 2.24) is 4.57 Å². The number of hydrogen-bond acceptors (Lipinski definition) is 1. The van der Waals surface area contributed by atoms with E-state index in [9.17, 15) is 18.0 Å². The van der Waals surface area contributed by atoms with Crippen LogP contribution in [0.15, 0.2) is 36.7 Å². The lowest BCUT2D eigenvalue weighted by Crippen LogP contribution is -2.18. The van der Waals surface area contributed by atoms with Crippen LogP contribution in [0, 0.1) is 5.41 Å². The molecule has 1 aromatic carbocycles. The van der Waals surface area contributed by atoms with Crippen LogP contribution in [0.25, 0.3) is 0 Å². The molecule has 0 aliphatic carbocycles. The fraction of sp³-hybridized carbons (Fsp3) is 0.450. The fourth-order valence-corrected chi connectivity index (χ4v) is 3.25. The average Bonchev–Trinajstić information content (AvgIpc) is 2.88. The first-order valence-electron chi connectivity index (χ1n) is 8.52. The van der Waals surface area contributed by atoms with Gasteiger partial charge in [-0.15, -0.1) is 0 Å². The molecule has 2 aromatic rings. The Morgan fingerprint density at radius 2 is 1.77 bits per heavy atom. The van der Waals surface area contributed by atoms with Crippen LogP contribution in [0.5, 0.6) is 0 Å². The van der Waals surface area contributed by atoms with E-state index in [1.54, 1.807) is 12.1 Å². The highest BCUT2D eigenvalue weighted by Gasteiger charge is 2.36. The smallest absolute Gasteiger partial charge is 0.356 e. The zero-order chi connectivity index (χ0) is 19.7. The summed E-state index contributed by atoms with van der Waals surface area (Å²) in [5.74, 6) is -0.599. The van der Waals surface area contributed by atoms with Crippen LogP contribution in [-0.4, -0.2) is 10.5 Å². The normalized spacial score (nSPS) is 13.5. The molecule has 6 heteroatoms. The van der Waals surface area contributed by atoms with Gasteiger partial charge in [-0.3, -0.25) is 4.79 Å². The molecule has 1 amide bonds. The summed E-state index contributed by atoms with van der Waals surface area (Å²) >= 11 is 0. The molecule has 26 heavy (non-hydrogen) atoms. The first-order chi connectivity index (χ1) is 11.9. The van der Waals surface area contributed by atoms with Gasteiger partial charge in [0.15, 0.2) is 0 Å². The molecule has 0 saturated heterocycles. The number of carbonyl (C=O) groups excluding carboxylic acids is 1. The average molecular weight is 366 g/mol. The number of alkyl halides is 3. The molecular formula is C20H25F3N2O. The van der Waals surface area contributed by atoms with E-state index in [1.807, 2.05) is 12.1 Å². The third-order valence-corrected chi connectivity index (χ3v) is 4.16. The number of rotatable bonds is 4. The highest BCUT2D eigenvalue weighted by Crippen LogP contribution is 2.36. The van der Waals surface area contributed by atoms with Crippen molar-refractivity contribution in [2.45, 2.75) is 46.2 Å². The minimum absolute atomic E-state index is 0.0966. The van der Waals surface area contributed by atoms with Crippen LogP contribution in [0.1, 0.15) is 61.5 Å². The molecule has 0 spiro atoms. The van der Waals surface area contributed by atoms with Crippen LogP contribution in [0.2, 0.25) is 0 Å². The van der Waals surface area contributed by atoms with Crippen molar-refractivity contribution in [1.29, 1.82) is 0 Å². The Labute approximate surface area is 152 Å². The molecule has 2 rings (SSSR count). The van der Waals surface area contributed by atoms with Crippen molar-refractivity contribution in [2.24, 2.45) is 12.5 Å². The van der Waals surface area contributed by atoms with Crippen molar-refractivity contribution in [3.8, 4) is 0 Å². The van der Waals surface area contributed by atoms with Gasteiger partial charge < -0.3 is 9.88 Å². The molecule has 1 aromatic heterocycles. The van der Waals surface area contributed by atoms with Gasteiger partial charge in [-0.2, -0.15) is 13.2 Å². The summed E-state index contributed by atoms with van der Waals surface area (Å²) in [4.78, 5) is 12.5. The predicted molar refractivity (Wildman–Crippen MR) is 97.3 cm³/mol. The lowest BCUT2D eigenvalue weighted by molar-refractivity contribution is -0.137. The number of para-hydroxylation sites is 1. The molecule has 0 saturated carbocycles. The summed E-state index contributed by atoms with van der Waals surface area (Å²) in [7, 11) is 1.46. The monoisotopic (exact) mass is 366 g/mol. The van der Waals surface area contributed by atoms with E-state index in [4.69, 9.17) is 0 Å². The number of aryl methyl sites for hydroxylation is 1. The molecule has 0 aliphatic rings. The standard InChI is InChI=1S/C20H25F3N2O/c1-13(10-19(2,3)4)14-8-6-7-9-17(14)24-18(26)15-11-25(5)12-16(15)20(21,22)23/h6-9,11-13H,10H2,1-5H3,(H,24,26)/t13-/m0/s1. The summed E-state index contributed by atoms with van der Waals surface area (Å²) in [6.45, 7) is 8.44. The zero-order valence-corrected chi connectivity index (χ0v) is 15.7. The van der Waals surface area contributed by atoms with Gasteiger partial charge >= 0.3 is 6.18 Å². The van der Waals surface area contributed by atoms with Gasteiger partial charge in [0.05, 0.1) is 11.1 Å². The lowest BCUT2D eigenvalue weighted by atomic mass is 9.82. The molecule has 0 unspecified atom stereocenters. The van der Waals surface area contributed by atoms with E-state index < -0.39 is 17.6 Å². The summed E-state index contributed by atoms with van der Waals surface area (Å²) < 4.78 is 40.7. The Morgan fingerprint density at radius 3 is 2.35 bits per heavy atom. The number of anilines is 1. The van der Waals surface area contributed by atoms with Crippen molar-refractivity contribution in [3.05, 3.63) is 53.3 Å². The van der Waals surface area contributed by atoms with E-state index in [0.29, 0.717) is 5.69 Å². The van der Waals surface area contributed by atoms with E-state index in [0.717, 1.165) is 18.2 Å².